The second-order valence-corrected chi connectivity index (χ2v) is 22.8. The maximum absolute atomic E-state index is 12.2. The standard InChI is InChI=1S/C28H49NO4Si2/c1-13-14-15-29(19-30)24-16-23-17-27(33-34(11,12)28(8,9)10)31-25(23)18-26(24)32-35(20(2)3,21(4)5)22(6)7/h1,17,19-22,24,26H,14-16,18H2,2-12H3/t24-,26-/m1/s1. The van der Waals surface area contributed by atoms with Crippen molar-refractivity contribution in [2.45, 2.75) is 128 Å². The fourth-order valence-corrected chi connectivity index (χ4v) is 12.0. The zero-order valence-electron chi connectivity index (χ0n) is 24.0. The van der Waals surface area contributed by atoms with Crippen LogP contribution in [0, 0.1) is 12.3 Å². The van der Waals surface area contributed by atoms with Crippen LogP contribution in [0.3, 0.4) is 0 Å². The lowest BCUT2D eigenvalue weighted by Gasteiger charge is -2.48. The number of terminal acetylenes is 1. The molecule has 0 aliphatic heterocycles. The van der Waals surface area contributed by atoms with Gasteiger partial charge < -0.3 is 18.2 Å². The zero-order valence-corrected chi connectivity index (χ0v) is 26.0. The van der Waals surface area contributed by atoms with Crippen LogP contribution in [0.25, 0.3) is 0 Å². The van der Waals surface area contributed by atoms with Gasteiger partial charge in [0.15, 0.2) is 0 Å². The Morgan fingerprint density at radius 3 is 2.17 bits per heavy atom. The first-order valence-electron chi connectivity index (χ1n) is 13.2. The van der Waals surface area contributed by atoms with E-state index in [0.717, 1.165) is 17.7 Å². The van der Waals surface area contributed by atoms with Gasteiger partial charge in [-0.1, -0.05) is 62.3 Å². The average Bonchev–Trinajstić information content (AvgIpc) is 3.10. The molecule has 5 nitrogen and oxygen atoms in total. The fraction of sp³-hybridized carbons (Fsp3) is 0.750. The van der Waals surface area contributed by atoms with Crippen LogP contribution >= 0.6 is 0 Å². The average molecular weight is 520 g/mol. The highest BCUT2D eigenvalue weighted by Gasteiger charge is 2.49. The van der Waals surface area contributed by atoms with Crippen LogP contribution < -0.4 is 4.43 Å². The molecule has 0 spiro atoms. The highest BCUT2D eigenvalue weighted by molar-refractivity contribution is 6.77. The maximum Gasteiger partial charge on any atom is 0.270 e. The Labute approximate surface area is 216 Å². The molecule has 1 aliphatic carbocycles. The summed E-state index contributed by atoms with van der Waals surface area (Å²) in [6, 6.07) is 1.97. The van der Waals surface area contributed by atoms with Gasteiger partial charge in [-0.2, -0.15) is 0 Å². The molecule has 1 aromatic heterocycles. The van der Waals surface area contributed by atoms with Gasteiger partial charge in [0.05, 0.1) is 12.1 Å². The smallest absolute Gasteiger partial charge is 0.270 e. The van der Waals surface area contributed by atoms with E-state index in [0.29, 0.717) is 48.4 Å². The molecule has 35 heavy (non-hydrogen) atoms. The largest absolute Gasteiger partial charge is 0.519 e. The van der Waals surface area contributed by atoms with Crippen molar-refractivity contribution < 1.29 is 18.1 Å². The van der Waals surface area contributed by atoms with E-state index < -0.39 is 16.6 Å². The van der Waals surface area contributed by atoms with Crippen molar-refractivity contribution in [1.82, 2.24) is 4.90 Å². The summed E-state index contributed by atoms with van der Waals surface area (Å²) in [5, 5.41) is 0.0784. The van der Waals surface area contributed by atoms with E-state index in [2.05, 4.69) is 81.3 Å². The van der Waals surface area contributed by atoms with Crippen molar-refractivity contribution in [3.63, 3.8) is 0 Å². The number of hydrogen-bond donors (Lipinski definition) is 0. The summed E-state index contributed by atoms with van der Waals surface area (Å²) in [4.78, 5) is 14.1. The number of carbonyl (C=O) groups is 1. The van der Waals surface area contributed by atoms with E-state index in [1.54, 1.807) is 0 Å². The molecule has 0 N–H and O–H groups in total. The van der Waals surface area contributed by atoms with Gasteiger partial charge in [0, 0.05) is 25.5 Å². The van der Waals surface area contributed by atoms with Crippen LogP contribution in [0.1, 0.15) is 80.1 Å². The third-order valence-electron chi connectivity index (χ3n) is 8.42. The molecule has 0 aromatic carbocycles. The summed E-state index contributed by atoms with van der Waals surface area (Å²) in [5.74, 6) is 4.22. The summed E-state index contributed by atoms with van der Waals surface area (Å²) in [5.41, 5.74) is 2.47. The second-order valence-electron chi connectivity index (χ2n) is 12.6. The molecule has 1 amide bonds. The summed E-state index contributed by atoms with van der Waals surface area (Å²) >= 11 is 0. The number of hydrogen-bond acceptors (Lipinski definition) is 4. The molecule has 2 rings (SSSR count). The van der Waals surface area contributed by atoms with E-state index >= 15 is 0 Å². The van der Waals surface area contributed by atoms with E-state index in [4.69, 9.17) is 19.7 Å². The number of nitrogens with zero attached hydrogens (tertiary/aromatic N) is 1. The van der Waals surface area contributed by atoms with E-state index in [1.165, 1.54) is 0 Å². The van der Waals surface area contributed by atoms with Gasteiger partial charge >= 0.3 is 0 Å². The SMILES string of the molecule is C#CCCN(C=O)[C@@H]1Cc2cc(O[Si](C)(C)C(C)(C)C)oc2C[C@H]1O[Si](C(C)C)(C(C)C)C(C)C. The Hall–Kier alpha value is -1.50. The molecule has 2 atom stereocenters. The monoisotopic (exact) mass is 519 g/mol. The predicted octanol–water partition coefficient (Wildman–Crippen LogP) is 7.17. The van der Waals surface area contributed by atoms with E-state index in [-0.39, 0.29) is 17.2 Å². The number of carbonyl (C=O) groups excluding carboxylic acids is 1. The summed E-state index contributed by atoms with van der Waals surface area (Å²) in [7, 11) is -4.20. The minimum Gasteiger partial charge on any atom is -0.519 e. The molecule has 7 heteroatoms. The first-order valence-corrected chi connectivity index (χ1v) is 18.3. The first-order chi connectivity index (χ1) is 16.1. The highest BCUT2D eigenvalue weighted by atomic mass is 28.4. The number of furan rings is 1. The Bertz CT molecular complexity index is 870. The molecule has 1 aromatic rings. The molecule has 0 radical (unpaired) electrons. The normalized spacial score (nSPS) is 19.1. The maximum atomic E-state index is 12.2. The van der Waals surface area contributed by atoms with E-state index in [9.17, 15) is 4.79 Å². The van der Waals surface area contributed by atoms with Gasteiger partial charge in [0.2, 0.25) is 14.7 Å². The number of amides is 1. The van der Waals surface area contributed by atoms with Crippen LogP contribution in [-0.2, 0) is 22.1 Å². The Morgan fingerprint density at radius 2 is 1.71 bits per heavy atom. The summed E-state index contributed by atoms with van der Waals surface area (Å²) in [6.45, 7) is 25.4. The third-order valence-corrected chi connectivity index (χ3v) is 18.9. The van der Waals surface area contributed by atoms with Crippen molar-refractivity contribution in [1.29, 1.82) is 0 Å². The zero-order chi connectivity index (χ0) is 26.8. The minimum absolute atomic E-state index is 0.0743. The first kappa shape index (κ1) is 29.7. The fourth-order valence-electron chi connectivity index (χ4n) is 5.53. The van der Waals surface area contributed by atoms with Crippen molar-refractivity contribution in [2.24, 2.45) is 0 Å². The van der Waals surface area contributed by atoms with E-state index in [1.807, 2.05) is 11.0 Å². The Kier molecular flexibility index (Phi) is 9.57. The molecule has 0 saturated heterocycles. The van der Waals surface area contributed by atoms with Crippen molar-refractivity contribution in [3.05, 3.63) is 17.4 Å². The molecule has 0 fully saturated rings. The third kappa shape index (κ3) is 6.26. The van der Waals surface area contributed by atoms with Crippen LogP contribution in [0.2, 0.25) is 34.8 Å². The van der Waals surface area contributed by atoms with Crippen LogP contribution in [-0.4, -0.2) is 46.6 Å². The van der Waals surface area contributed by atoms with Crippen molar-refractivity contribution in [2.75, 3.05) is 6.54 Å². The number of fused-ring (bicyclic) bond motifs is 1. The quantitative estimate of drug-likeness (QED) is 0.177. The van der Waals surface area contributed by atoms with Crippen molar-refractivity contribution in [3.8, 4) is 18.3 Å². The van der Waals surface area contributed by atoms with Gasteiger partial charge in [-0.05, 0) is 46.7 Å². The molecule has 0 bridgehead atoms. The predicted molar refractivity (Wildman–Crippen MR) is 150 cm³/mol. The van der Waals surface area contributed by atoms with Crippen molar-refractivity contribution >= 4 is 23.0 Å². The molecule has 0 saturated carbocycles. The molecule has 1 heterocycles. The molecule has 0 unspecified atom stereocenters. The Morgan fingerprint density at radius 1 is 1.14 bits per heavy atom. The molecule has 1 aliphatic rings. The van der Waals surface area contributed by atoms with Gasteiger partial charge in [0.1, 0.15) is 5.76 Å². The Balaban J connectivity index is 2.48. The lowest BCUT2D eigenvalue weighted by atomic mass is 9.90. The molecular weight excluding hydrogens is 470 g/mol. The van der Waals surface area contributed by atoms with Gasteiger partial charge in [0.25, 0.3) is 14.3 Å². The summed E-state index contributed by atoms with van der Waals surface area (Å²) in [6.07, 6.45) is 8.22. The second kappa shape index (κ2) is 11.3. The highest BCUT2D eigenvalue weighted by Crippen LogP contribution is 2.45. The lowest BCUT2D eigenvalue weighted by Crippen LogP contribution is -2.57. The number of rotatable bonds is 11. The van der Waals surface area contributed by atoms with Gasteiger partial charge in [-0.25, -0.2) is 0 Å². The molecule has 198 valence electrons. The minimum atomic E-state index is -2.17. The lowest BCUT2D eigenvalue weighted by molar-refractivity contribution is -0.122. The van der Waals surface area contributed by atoms with Gasteiger partial charge in [-0.3, -0.25) is 4.79 Å². The van der Waals surface area contributed by atoms with Gasteiger partial charge in [-0.15, -0.1) is 12.3 Å². The van der Waals surface area contributed by atoms with Crippen LogP contribution in [0.4, 0.5) is 0 Å². The van der Waals surface area contributed by atoms with Crippen LogP contribution in [0.5, 0.6) is 5.95 Å². The summed E-state index contributed by atoms with van der Waals surface area (Å²) < 4.78 is 20.1. The topological polar surface area (TPSA) is 51.9 Å². The molecular formula is C28H49NO4Si2. The van der Waals surface area contributed by atoms with Crippen LogP contribution in [0.15, 0.2) is 10.5 Å².